The van der Waals surface area contributed by atoms with E-state index in [9.17, 15) is 4.79 Å². The number of carbonyl (C=O) groups is 1. The van der Waals surface area contributed by atoms with Gasteiger partial charge in [0.15, 0.2) is 0 Å². The molecule has 4 nitrogen and oxygen atoms in total. The van der Waals surface area contributed by atoms with Crippen LogP contribution in [0, 0.1) is 12.8 Å². The second-order valence-electron chi connectivity index (χ2n) is 7.64. The van der Waals surface area contributed by atoms with Crippen LogP contribution in [0.3, 0.4) is 0 Å². The maximum atomic E-state index is 12.9. The molecule has 1 aromatic rings. The molecule has 0 saturated carbocycles. The van der Waals surface area contributed by atoms with E-state index in [-0.39, 0.29) is 6.04 Å². The number of fused-ring (bicyclic) bond motifs is 3. The van der Waals surface area contributed by atoms with Crippen molar-refractivity contribution in [1.82, 2.24) is 15.2 Å². The van der Waals surface area contributed by atoms with E-state index in [2.05, 4.69) is 17.2 Å². The zero-order valence-electron chi connectivity index (χ0n) is 14.2. The molecule has 3 heterocycles. The van der Waals surface area contributed by atoms with E-state index in [0.29, 0.717) is 23.9 Å². The highest BCUT2D eigenvalue weighted by molar-refractivity contribution is 7.11. The summed E-state index contributed by atoms with van der Waals surface area (Å²) < 4.78 is 0. The molecule has 2 saturated heterocycles. The van der Waals surface area contributed by atoms with Crippen molar-refractivity contribution in [2.24, 2.45) is 5.92 Å². The van der Waals surface area contributed by atoms with E-state index >= 15 is 0 Å². The molecule has 2 bridgehead atoms. The lowest BCUT2D eigenvalue weighted by Gasteiger charge is -2.34. The third kappa shape index (κ3) is 3.05. The molecule has 3 unspecified atom stereocenters. The fourth-order valence-corrected chi connectivity index (χ4v) is 5.95. The first kappa shape index (κ1) is 15.6. The quantitative estimate of drug-likeness (QED) is 0.924. The highest BCUT2D eigenvalue weighted by Crippen LogP contribution is 2.38. The molecule has 0 aromatic carbocycles. The van der Waals surface area contributed by atoms with E-state index < -0.39 is 0 Å². The minimum Gasteiger partial charge on any atom is -0.338 e. The molecule has 3 atom stereocenters. The van der Waals surface area contributed by atoms with Crippen molar-refractivity contribution >= 4 is 17.2 Å². The smallest absolute Gasteiger partial charge is 0.223 e. The summed E-state index contributed by atoms with van der Waals surface area (Å²) in [6.07, 6.45) is 9.03. The normalized spacial score (nSPS) is 32.6. The van der Waals surface area contributed by atoms with Gasteiger partial charge in [0.2, 0.25) is 5.91 Å². The molecule has 0 radical (unpaired) electrons. The second-order valence-corrected chi connectivity index (χ2v) is 8.87. The van der Waals surface area contributed by atoms with E-state index in [1.165, 1.54) is 36.3 Å². The third-order valence-electron chi connectivity index (χ3n) is 5.92. The van der Waals surface area contributed by atoms with Crippen molar-refractivity contribution in [3.8, 4) is 0 Å². The molecule has 1 aliphatic carbocycles. The molecule has 1 amide bonds. The number of thiazole rings is 1. The van der Waals surface area contributed by atoms with E-state index in [4.69, 9.17) is 0 Å². The third-order valence-corrected chi connectivity index (χ3v) is 7.04. The summed E-state index contributed by atoms with van der Waals surface area (Å²) in [4.78, 5) is 20.9. The predicted molar refractivity (Wildman–Crippen MR) is 92.6 cm³/mol. The van der Waals surface area contributed by atoms with Crippen LogP contribution in [-0.2, 0) is 11.2 Å². The molecule has 4 rings (SSSR count). The van der Waals surface area contributed by atoms with Gasteiger partial charge in [0.05, 0.1) is 21.6 Å². The first-order chi connectivity index (χ1) is 11.1. The Kier molecular flexibility index (Phi) is 4.18. The Balaban J connectivity index is 1.42. The van der Waals surface area contributed by atoms with Gasteiger partial charge in [-0.15, -0.1) is 11.3 Å². The zero-order chi connectivity index (χ0) is 16.0. The molecular weight excluding hydrogens is 306 g/mol. The lowest BCUT2D eigenvalue weighted by atomic mass is 9.88. The van der Waals surface area contributed by atoms with E-state index in [1.54, 1.807) is 11.3 Å². The maximum Gasteiger partial charge on any atom is 0.223 e. The van der Waals surface area contributed by atoms with Crippen molar-refractivity contribution < 1.29 is 4.79 Å². The van der Waals surface area contributed by atoms with Crippen molar-refractivity contribution in [1.29, 1.82) is 0 Å². The molecule has 2 aliphatic heterocycles. The standard InChI is InChI=1S/C18H27N3OS/c1-11-19-15-4-3-5-16(18(15)23-11)21(2)17(22)10-12-8-13-6-7-14(9-12)20-13/h12-14,16,20H,3-10H2,1-2H3. The van der Waals surface area contributed by atoms with Crippen molar-refractivity contribution in [3.05, 3.63) is 15.6 Å². The lowest BCUT2D eigenvalue weighted by Crippen LogP contribution is -2.40. The molecule has 1 aromatic heterocycles. The number of aryl methyl sites for hydroxylation is 2. The van der Waals surface area contributed by atoms with E-state index in [0.717, 1.165) is 30.7 Å². The van der Waals surface area contributed by atoms with Gasteiger partial charge in [0.1, 0.15) is 0 Å². The van der Waals surface area contributed by atoms with Gasteiger partial charge in [-0.1, -0.05) is 0 Å². The first-order valence-corrected chi connectivity index (χ1v) is 9.89. The molecule has 1 N–H and O–H groups in total. The summed E-state index contributed by atoms with van der Waals surface area (Å²) in [5.41, 5.74) is 1.24. The summed E-state index contributed by atoms with van der Waals surface area (Å²) >= 11 is 1.79. The van der Waals surface area contributed by atoms with Crippen LogP contribution in [0.2, 0.25) is 0 Å². The number of amides is 1. The monoisotopic (exact) mass is 333 g/mol. The highest BCUT2D eigenvalue weighted by Gasteiger charge is 2.36. The van der Waals surface area contributed by atoms with E-state index in [1.807, 2.05) is 11.9 Å². The average Bonchev–Trinajstić information content (AvgIpc) is 3.07. The Morgan fingerprint density at radius 2 is 2.04 bits per heavy atom. The van der Waals surface area contributed by atoms with Crippen LogP contribution in [0.4, 0.5) is 0 Å². The minimum absolute atomic E-state index is 0.260. The number of piperidine rings is 1. The Bertz CT molecular complexity index is 587. The van der Waals surface area contributed by atoms with Crippen LogP contribution in [0.5, 0.6) is 0 Å². The van der Waals surface area contributed by atoms with Gasteiger partial charge in [-0.3, -0.25) is 4.79 Å². The number of carbonyl (C=O) groups excluding carboxylic acids is 1. The van der Waals surface area contributed by atoms with Gasteiger partial charge < -0.3 is 10.2 Å². The number of rotatable bonds is 3. The van der Waals surface area contributed by atoms with Crippen molar-refractivity contribution in [2.45, 2.75) is 76.4 Å². The SMILES string of the molecule is Cc1nc2c(s1)C(N(C)C(=O)CC1CC3CCC(C1)N3)CCC2. The van der Waals surface area contributed by atoms with Crippen LogP contribution in [0.15, 0.2) is 0 Å². The van der Waals surface area contributed by atoms with Gasteiger partial charge in [-0.25, -0.2) is 4.98 Å². The van der Waals surface area contributed by atoms with Crippen LogP contribution in [-0.4, -0.2) is 34.9 Å². The van der Waals surface area contributed by atoms with Crippen molar-refractivity contribution in [3.63, 3.8) is 0 Å². The summed E-state index contributed by atoms with van der Waals surface area (Å²) in [6, 6.07) is 1.60. The minimum atomic E-state index is 0.260. The maximum absolute atomic E-state index is 12.9. The fourth-order valence-electron chi connectivity index (χ4n) is 4.80. The number of hydrogen-bond donors (Lipinski definition) is 1. The number of hydrogen-bond acceptors (Lipinski definition) is 4. The largest absolute Gasteiger partial charge is 0.338 e. The van der Waals surface area contributed by atoms with Crippen molar-refractivity contribution in [2.75, 3.05) is 7.05 Å². The Labute approximate surface area is 142 Å². The number of aromatic nitrogens is 1. The summed E-state index contributed by atoms with van der Waals surface area (Å²) in [7, 11) is 2.01. The summed E-state index contributed by atoms with van der Waals surface area (Å²) in [6.45, 7) is 2.08. The van der Waals surface area contributed by atoms with Crippen LogP contribution >= 0.6 is 11.3 Å². The highest BCUT2D eigenvalue weighted by atomic mass is 32.1. The number of nitrogens with zero attached hydrogens (tertiary/aromatic N) is 2. The lowest BCUT2D eigenvalue weighted by molar-refractivity contribution is -0.133. The zero-order valence-corrected chi connectivity index (χ0v) is 15.0. The average molecular weight is 334 g/mol. The molecule has 0 spiro atoms. The fraction of sp³-hybridized carbons (Fsp3) is 0.778. The molecule has 23 heavy (non-hydrogen) atoms. The molecule has 126 valence electrons. The van der Waals surface area contributed by atoms with Gasteiger partial charge >= 0.3 is 0 Å². The summed E-state index contributed by atoms with van der Waals surface area (Å²) in [5.74, 6) is 0.912. The topological polar surface area (TPSA) is 45.2 Å². The van der Waals surface area contributed by atoms with Gasteiger partial charge in [-0.05, 0) is 57.8 Å². The predicted octanol–water partition coefficient (Wildman–Crippen LogP) is 3.21. The Morgan fingerprint density at radius 3 is 2.78 bits per heavy atom. The van der Waals surface area contributed by atoms with Gasteiger partial charge in [0.25, 0.3) is 0 Å². The molecule has 2 fully saturated rings. The van der Waals surface area contributed by atoms with Gasteiger partial charge in [-0.2, -0.15) is 0 Å². The Morgan fingerprint density at radius 1 is 1.30 bits per heavy atom. The molecule has 5 heteroatoms. The summed E-state index contributed by atoms with van der Waals surface area (Å²) in [5, 5.41) is 4.81. The number of nitrogens with one attached hydrogen (secondary N) is 1. The van der Waals surface area contributed by atoms with Crippen LogP contribution < -0.4 is 5.32 Å². The molecule has 3 aliphatic rings. The second kappa shape index (κ2) is 6.17. The van der Waals surface area contributed by atoms with Crippen LogP contribution in [0.1, 0.15) is 66.6 Å². The van der Waals surface area contributed by atoms with Gasteiger partial charge in [0, 0.05) is 25.6 Å². The molecular formula is C18H27N3OS. The Hall–Kier alpha value is -0.940. The first-order valence-electron chi connectivity index (χ1n) is 9.08. The van der Waals surface area contributed by atoms with Crippen LogP contribution in [0.25, 0.3) is 0 Å².